The summed E-state index contributed by atoms with van der Waals surface area (Å²) in [4.78, 5) is 38.4. The first-order chi connectivity index (χ1) is 9.95. The van der Waals surface area contributed by atoms with Crippen LogP contribution in [-0.4, -0.2) is 62.9 Å². The number of carbonyl (C=O) groups excluding carboxylic acids is 2. The summed E-state index contributed by atoms with van der Waals surface area (Å²) in [6.45, 7) is -0.269. The van der Waals surface area contributed by atoms with E-state index in [4.69, 9.17) is 0 Å². The van der Waals surface area contributed by atoms with Gasteiger partial charge in [-0.05, 0) is 6.42 Å². The van der Waals surface area contributed by atoms with Gasteiger partial charge in [-0.1, -0.05) is 0 Å². The average Bonchev–Trinajstić information content (AvgIpc) is 2.92. The van der Waals surface area contributed by atoms with Crippen molar-refractivity contribution in [2.75, 3.05) is 13.7 Å². The van der Waals surface area contributed by atoms with Crippen LogP contribution in [0.15, 0.2) is 10.6 Å². The van der Waals surface area contributed by atoms with Gasteiger partial charge in [0.05, 0.1) is 12.5 Å². The number of hydrogen-bond acceptors (Lipinski definition) is 5. The van der Waals surface area contributed by atoms with Crippen molar-refractivity contribution in [2.24, 2.45) is 5.92 Å². The molecule has 3 aliphatic heterocycles. The second kappa shape index (κ2) is 5.03. The fourth-order valence-corrected chi connectivity index (χ4v) is 4.64. The average molecular weight is 312 g/mol. The van der Waals surface area contributed by atoms with Gasteiger partial charge in [0.15, 0.2) is 0 Å². The Morgan fingerprint density at radius 2 is 2.14 bits per heavy atom. The molecule has 7 nitrogen and oxygen atoms in total. The summed E-state index contributed by atoms with van der Waals surface area (Å²) in [5, 5.41) is 18.2. The fraction of sp³-hybridized carbons (Fsp3) is 0.615. The number of aliphatic carboxylic acids is 1. The minimum absolute atomic E-state index is 0.0178. The first-order valence-electron chi connectivity index (χ1n) is 6.78. The Hall–Kier alpha value is -1.54. The van der Waals surface area contributed by atoms with Crippen LogP contribution in [0.25, 0.3) is 0 Å². The van der Waals surface area contributed by atoms with E-state index in [9.17, 15) is 24.6 Å². The van der Waals surface area contributed by atoms with E-state index in [1.165, 1.54) is 16.7 Å². The van der Waals surface area contributed by atoms with Crippen LogP contribution < -0.4 is 0 Å². The molecule has 8 heteroatoms. The molecular weight excluding hydrogens is 296 g/mol. The molecule has 114 valence electrons. The number of hydrogen-bond donors (Lipinski definition) is 2. The molecule has 0 aromatic carbocycles. The molecule has 0 saturated carbocycles. The maximum atomic E-state index is 11.9. The number of rotatable bonds is 4. The normalized spacial score (nSPS) is 31.8. The van der Waals surface area contributed by atoms with Crippen molar-refractivity contribution in [1.29, 1.82) is 0 Å². The lowest BCUT2D eigenvalue weighted by Gasteiger charge is -2.41. The van der Waals surface area contributed by atoms with Crippen molar-refractivity contribution in [3.8, 4) is 0 Å². The molecule has 2 saturated heterocycles. The Bertz CT molecular complexity index is 561. The van der Waals surface area contributed by atoms with E-state index in [1.54, 1.807) is 11.9 Å². The molecule has 3 atom stereocenters. The molecule has 0 spiro atoms. The Morgan fingerprint density at radius 3 is 2.67 bits per heavy atom. The number of nitrogens with zero attached hydrogens (tertiary/aromatic N) is 2. The summed E-state index contributed by atoms with van der Waals surface area (Å²) < 4.78 is 0. The lowest BCUT2D eigenvalue weighted by Crippen LogP contribution is -2.58. The van der Waals surface area contributed by atoms with Crippen LogP contribution in [0.5, 0.6) is 0 Å². The van der Waals surface area contributed by atoms with Gasteiger partial charge in [0.2, 0.25) is 11.8 Å². The van der Waals surface area contributed by atoms with Gasteiger partial charge in [-0.3, -0.25) is 14.5 Å². The summed E-state index contributed by atoms with van der Waals surface area (Å²) >= 11 is 1.33. The lowest BCUT2D eigenvalue weighted by atomic mass is 9.98. The third-order valence-electron chi connectivity index (χ3n) is 4.37. The number of amides is 2. The summed E-state index contributed by atoms with van der Waals surface area (Å²) in [5.74, 6) is -1.92. The van der Waals surface area contributed by atoms with Gasteiger partial charge in [-0.25, -0.2) is 4.79 Å². The Morgan fingerprint density at radius 1 is 1.43 bits per heavy atom. The SMILES string of the molecule is CN1C(=O)CC[C@@H]1CC1=C(C(=O)O)N2C(=O)[C@H](CO)[C@H]2S1. The zero-order valence-corrected chi connectivity index (χ0v) is 12.3. The van der Waals surface area contributed by atoms with Gasteiger partial charge < -0.3 is 15.1 Å². The van der Waals surface area contributed by atoms with Crippen molar-refractivity contribution in [1.82, 2.24) is 9.80 Å². The van der Waals surface area contributed by atoms with Crippen LogP contribution in [0.1, 0.15) is 19.3 Å². The van der Waals surface area contributed by atoms with Crippen molar-refractivity contribution >= 4 is 29.5 Å². The predicted molar refractivity (Wildman–Crippen MR) is 73.9 cm³/mol. The third kappa shape index (κ3) is 2.04. The van der Waals surface area contributed by atoms with Crippen molar-refractivity contribution in [3.05, 3.63) is 10.6 Å². The van der Waals surface area contributed by atoms with E-state index in [-0.39, 0.29) is 35.5 Å². The quantitative estimate of drug-likeness (QED) is 0.699. The zero-order valence-electron chi connectivity index (χ0n) is 11.5. The van der Waals surface area contributed by atoms with E-state index in [0.717, 1.165) is 0 Å². The third-order valence-corrected chi connectivity index (χ3v) is 5.80. The van der Waals surface area contributed by atoms with Gasteiger partial charge in [0.1, 0.15) is 11.1 Å². The van der Waals surface area contributed by atoms with E-state index < -0.39 is 11.9 Å². The largest absolute Gasteiger partial charge is 0.477 e. The summed E-state index contributed by atoms with van der Waals surface area (Å²) in [7, 11) is 1.72. The van der Waals surface area contributed by atoms with Gasteiger partial charge in [0.25, 0.3) is 0 Å². The Balaban J connectivity index is 1.82. The number of carboxylic acids is 1. The van der Waals surface area contributed by atoms with Crippen LogP contribution in [0.2, 0.25) is 0 Å². The Kier molecular flexibility index (Phi) is 3.45. The molecule has 0 aromatic heterocycles. The lowest BCUT2D eigenvalue weighted by molar-refractivity contribution is -0.153. The number of likely N-dealkylation sites (tertiary alicyclic amines) is 1. The van der Waals surface area contributed by atoms with E-state index in [1.807, 2.05) is 0 Å². The molecule has 0 aliphatic carbocycles. The highest BCUT2D eigenvalue weighted by molar-refractivity contribution is 8.04. The molecule has 0 bridgehead atoms. The smallest absolute Gasteiger partial charge is 0.353 e. The maximum Gasteiger partial charge on any atom is 0.353 e. The van der Waals surface area contributed by atoms with Crippen LogP contribution in [-0.2, 0) is 14.4 Å². The molecule has 0 radical (unpaired) electrons. The first-order valence-corrected chi connectivity index (χ1v) is 7.66. The number of β-lactam (4-membered cyclic amide) rings is 1. The van der Waals surface area contributed by atoms with Crippen LogP contribution in [0, 0.1) is 5.92 Å². The molecule has 2 fully saturated rings. The van der Waals surface area contributed by atoms with Gasteiger partial charge in [0, 0.05) is 30.8 Å². The number of aliphatic hydroxyl groups is 1. The minimum atomic E-state index is -1.13. The number of carbonyl (C=O) groups is 3. The minimum Gasteiger partial charge on any atom is -0.477 e. The molecule has 3 rings (SSSR count). The fourth-order valence-electron chi connectivity index (χ4n) is 3.08. The van der Waals surface area contributed by atoms with Gasteiger partial charge in [-0.15, -0.1) is 11.8 Å². The molecule has 0 aromatic rings. The second-order valence-electron chi connectivity index (χ2n) is 5.48. The highest BCUT2D eigenvalue weighted by atomic mass is 32.2. The van der Waals surface area contributed by atoms with Gasteiger partial charge in [-0.2, -0.15) is 0 Å². The molecule has 3 aliphatic rings. The van der Waals surface area contributed by atoms with Crippen molar-refractivity contribution < 1.29 is 24.6 Å². The molecule has 2 amide bonds. The standard InChI is InChI=1S/C13H16N2O5S/c1-14-6(2-3-9(14)17)4-8-10(13(19)20)15-11(18)7(5-16)12(15)21-8/h6-7,12,16H,2-5H2,1H3,(H,19,20)/t6-,7+,12-/m1/s1. The van der Waals surface area contributed by atoms with Crippen molar-refractivity contribution in [3.63, 3.8) is 0 Å². The summed E-state index contributed by atoms with van der Waals surface area (Å²) in [5.41, 5.74) is 0.0208. The highest BCUT2D eigenvalue weighted by Gasteiger charge is 2.55. The maximum absolute atomic E-state index is 11.9. The first kappa shape index (κ1) is 14.4. The topological polar surface area (TPSA) is 98.2 Å². The zero-order chi connectivity index (χ0) is 15.3. The summed E-state index contributed by atoms with van der Waals surface area (Å²) in [6, 6.07) is -0.0178. The number of aliphatic hydroxyl groups excluding tert-OH is 1. The molecule has 21 heavy (non-hydrogen) atoms. The Labute approximate surface area is 125 Å². The van der Waals surface area contributed by atoms with E-state index in [0.29, 0.717) is 24.2 Å². The molecule has 2 N–H and O–H groups in total. The monoisotopic (exact) mass is 312 g/mol. The van der Waals surface area contributed by atoms with E-state index in [2.05, 4.69) is 0 Å². The van der Waals surface area contributed by atoms with Gasteiger partial charge >= 0.3 is 5.97 Å². The van der Waals surface area contributed by atoms with E-state index >= 15 is 0 Å². The molecular formula is C13H16N2O5S. The molecule has 3 heterocycles. The van der Waals surface area contributed by atoms with Crippen molar-refractivity contribution in [2.45, 2.75) is 30.7 Å². The summed E-state index contributed by atoms with van der Waals surface area (Å²) in [6.07, 6.45) is 1.63. The van der Waals surface area contributed by atoms with Crippen LogP contribution in [0.3, 0.4) is 0 Å². The second-order valence-corrected chi connectivity index (χ2v) is 6.70. The van der Waals surface area contributed by atoms with Crippen LogP contribution >= 0.6 is 11.8 Å². The highest BCUT2D eigenvalue weighted by Crippen LogP contribution is 2.51. The van der Waals surface area contributed by atoms with Crippen LogP contribution in [0.4, 0.5) is 0 Å². The molecule has 0 unspecified atom stereocenters. The predicted octanol–water partition coefficient (Wildman–Crippen LogP) is -0.183. The number of carboxylic acid groups (broad SMARTS) is 1. The number of thioether (sulfide) groups is 1. The number of fused-ring (bicyclic) bond motifs is 1.